The Morgan fingerprint density at radius 3 is 2.82 bits per heavy atom. The Morgan fingerprint density at radius 1 is 1.11 bits per heavy atom. The first kappa shape index (κ1) is 16.1. The van der Waals surface area contributed by atoms with E-state index in [1.165, 1.54) is 6.07 Å². The van der Waals surface area contributed by atoms with Crippen LogP contribution >= 0.6 is 0 Å². The number of rotatable bonds is 3. The van der Waals surface area contributed by atoms with E-state index in [4.69, 9.17) is 4.52 Å². The molecule has 4 heterocycles. The van der Waals surface area contributed by atoms with Gasteiger partial charge in [-0.05, 0) is 31.2 Å². The Balaban J connectivity index is 1.48. The number of hydrogen-bond donors (Lipinski definition) is 1. The predicted octanol–water partition coefficient (Wildman–Crippen LogP) is 3.13. The summed E-state index contributed by atoms with van der Waals surface area (Å²) in [6.07, 6.45) is 4.97. The van der Waals surface area contributed by atoms with Crippen molar-refractivity contribution in [2.45, 2.75) is 6.92 Å². The van der Waals surface area contributed by atoms with Crippen LogP contribution in [-0.2, 0) is 0 Å². The molecule has 0 bridgehead atoms. The fraction of sp³-hybridized carbons (Fsp3) is 0.0500. The zero-order chi connectivity index (χ0) is 19.1. The number of fused-ring (bicyclic) bond motifs is 1. The molecule has 5 rings (SSSR count). The lowest BCUT2D eigenvalue weighted by atomic mass is 10.2. The summed E-state index contributed by atoms with van der Waals surface area (Å²) in [6.45, 7) is 1.81. The van der Waals surface area contributed by atoms with E-state index in [0.717, 1.165) is 22.5 Å². The Kier molecular flexibility index (Phi) is 3.61. The molecule has 8 nitrogen and oxygen atoms in total. The van der Waals surface area contributed by atoms with Crippen LogP contribution in [0.1, 0.15) is 5.69 Å². The van der Waals surface area contributed by atoms with Gasteiger partial charge in [-0.3, -0.25) is 9.36 Å². The van der Waals surface area contributed by atoms with Crippen molar-refractivity contribution in [3.05, 3.63) is 77.1 Å². The first-order valence-electron chi connectivity index (χ1n) is 8.61. The number of nitrogens with zero attached hydrogens (tertiary/aromatic N) is 5. The molecule has 136 valence electrons. The summed E-state index contributed by atoms with van der Waals surface area (Å²) in [4.78, 5) is 28.3. The van der Waals surface area contributed by atoms with Gasteiger partial charge < -0.3 is 9.51 Å². The molecule has 1 aromatic carbocycles. The molecule has 0 saturated heterocycles. The minimum absolute atomic E-state index is 0.168. The van der Waals surface area contributed by atoms with Gasteiger partial charge >= 0.3 is 0 Å². The van der Waals surface area contributed by atoms with Gasteiger partial charge in [-0.2, -0.15) is 4.98 Å². The zero-order valence-electron chi connectivity index (χ0n) is 14.8. The number of para-hydroxylation sites is 2. The molecule has 0 aliphatic heterocycles. The third-order valence-corrected chi connectivity index (χ3v) is 4.42. The number of H-pyrrole nitrogens is 1. The van der Waals surface area contributed by atoms with E-state index < -0.39 is 0 Å². The van der Waals surface area contributed by atoms with Gasteiger partial charge in [0.25, 0.3) is 5.89 Å². The zero-order valence-corrected chi connectivity index (χ0v) is 14.8. The van der Waals surface area contributed by atoms with Gasteiger partial charge in [-0.25, -0.2) is 9.97 Å². The summed E-state index contributed by atoms with van der Waals surface area (Å²) in [5.74, 6) is 1.27. The summed E-state index contributed by atoms with van der Waals surface area (Å²) in [5, 5.41) is 3.97. The minimum Gasteiger partial charge on any atom is -0.364 e. The van der Waals surface area contributed by atoms with Crippen LogP contribution in [0.4, 0.5) is 0 Å². The van der Waals surface area contributed by atoms with Crippen molar-refractivity contribution >= 4 is 11.0 Å². The maximum atomic E-state index is 12.1. The minimum atomic E-state index is -0.174. The fourth-order valence-electron chi connectivity index (χ4n) is 2.99. The van der Waals surface area contributed by atoms with Gasteiger partial charge in [0, 0.05) is 29.7 Å². The van der Waals surface area contributed by atoms with E-state index in [1.54, 1.807) is 25.6 Å². The van der Waals surface area contributed by atoms with Crippen molar-refractivity contribution in [3.8, 4) is 28.7 Å². The Bertz CT molecular complexity index is 1350. The third kappa shape index (κ3) is 2.67. The van der Waals surface area contributed by atoms with Crippen molar-refractivity contribution in [1.29, 1.82) is 0 Å². The Labute approximate surface area is 158 Å². The van der Waals surface area contributed by atoms with Crippen LogP contribution in [-0.4, -0.2) is 29.7 Å². The van der Waals surface area contributed by atoms with Crippen molar-refractivity contribution < 1.29 is 4.52 Å². The summed E-state index contributed by atoms with van der Waals surface area (Å²) >= 11 is 0. The molecule has 0 aliphatic carbocycles. The highest BCUT2D eigenvalue weighted by atomic mass is 16.5. The highest BCUT2D eigenvalue weighted by Gasteiger charge is 2.14. The van der Waals surface area contributed by atoms with Crippen LogP contribution in [0.15, 0.2) is 70.5 Å². The number of imidazole rings is 1. The number of aryl methyl sites for hydroxylation is 1. The normalized spacial score (nSPS) is 11.2. The second-order valence-corrected chi connectivity index (χ2v) is 6.33. The van der Waals surface area contributed by atoms with E-state index in [2.05, 4.69) is 25.1 Å². The topological polar surface area (TPSA) is 102 Å². The Hall–Kier alpha value is -4.07. The number of nitrogens with one attached hydrogen (secondary N) is 1. The number of benzene rings is 1. The number of pyridine rings is 2. The molecule has 0 radical (unpaired) electrons. The van der Waals surface area contributed by atoms with Gasteiger partial charge in [-0.1, -0.05) is 17.3 Å². The van der Waals surface area contributed by atoms with Crippen molar-refractivity contribution in [1.82, 2.24) is 29.7 Å². The molecular weight excluding hydrogens is 356 g/mol. The number of aromatic nitrogens is 6. The van der Waals surface area contributed by atoms with Gasteiger partial charge in [0.1, 0.15) is 17.7 Å². The maximum absolute atomic E-state index is 12.1. The fourth-order valence-corrected chi connectivity index (χ4v) is 2.99. The lowest BCUT2D eigenvalue weighted by Crippen LogP contribution is -2.05. The van der Waals surface area contributed by atoms with Gasteiger partial charge in [0.2, 0.25) is 5.82 Å². The monoisotopic (exact) mass is 370 g/mol. The van der Waals surface area contributed by atoms with Crippen molar-refractivity contribution in [2.75, 3.05) is 0 Å². The van der Waals surface area contributed by atoms with Gasteiger partial charge in [0.05, 0.1) is 11.0 Å². The molecule has 28 heavy (non-hydrogen) atoms. The molecule has 0 atom stereocenters. The smallest absolute Gasteiger partial charge is 0.263 e. The highest BCUT2D eigenvalue weighted by molar-refractivity contribution is 5.76. The second kappa shape index (κ2) is 6.27. The Morgan fingerprint density at radius 2 is 2.00 bits per heavy atom. The average molecular weight is 370 g/mol. The van der Waals surface area contributed by atoms with E-state index >= 15 is 0 Å². The first-order valence-corrected chi connectivity index (χ1v) is 8.61. The molecular formula is C20H14N6O2. The van der Waals surface area contributed by atoms with Crippen LogP contribution in [0.3, 0.4) is 0 Å². The van der Waals surface area contributed by atoms with Crippen LogP contribution in [0.2, 0.25) is 0 Å². The van der Waals surface area contributed by atoms with Crippen LogP contribution in [0.5, 0.6) is 0 Å². The van der Waals surface area contributed by atoms with E-state index in [1.807, 2.05) is 41.0 Å². The SMILES string of the molecule is Cc1cc(=O)c(-c2nc(-c3ccc(-n4cnc5ccccc54)nc3)no2)c[nH]1. The summed E-state index contributed by atoms with van der Waals surface area (Å²) in [5.41, 5.74) is 3.49. The molecule has 8 heteroatoms. The maximum Gasteiger partial charge on any atom is 0.263 e. The lowest BCUT2D eigenvalue weighted by molar-refractivity contribution is 0.432. The van der Waals surface area contributed by atoms with Gasteiger partial charge in [-0.15, -0.1) is 0 Å². The summed E-state index contributed by atoms with van der Waals surface area (Å²) < 4.78 is 7.17. The highest BCUT2D eigenvalue weighted by Crippen LogP contribution is 2.21. The molecule has 4 aromatic heterocycles. The molecule has 1 N–H and O–H groups in total. The van der Waals surface area contributed by atoms with Crippen molar-refractivity contribution in [2.24, 2.45) is 0 Å². The molecule has 0 fully saturated rings. The third-order valence-electron chi connectivity index (χ3n) is 4.42. The molecule has 0 aliphatic rings. The molecule has 0 saturated carbocycles. The molecule has 0 amide bonds. The lowest BCUT2D eigenvalue weighted by Gasteiger charge is -2.03. The van der Waals surface area contributed by atoms with E-state index in [9.17, 15) is 4.79 Å². The predicted molar refractivity (Wildman–Crippen MR) is 103 cm³/mol. The van der Waals surface area contributed by atoms with Crippen molar-refractivity contribution in [3.63, 3.8) is 0 Å². The van der Waals surface area contributed by atoms with E-state index in [0.29, 0.717) is 17.0 Å². The first-order chi connectivity index (χ1) is 13.7. The molecule has 5 aromatic rings. The number of aromatic amines is 1. The summed E-state index contributed by atoms with van der Waals surface area (Å²) in [7, 11) is 0. The van der Waals surface area contributed by atoms with Crippen LogP contribution in [0.25, 0.3) is 39.7 Å². The van der Waals surface area contributed by atoms with E-state index in [-0.39, 0.29) is 11.3 Å². The van der Waals surface area contributed by atoms with Crippen LogP contribution < -0.4 is 5.43 Å². The number of hydrogen-bond acceptors (Lipinski definition) is 6. The quantitative estimate of drug-likeness (QED) is 0.523. The van der Waals surface area contributed by atoms with Gasteiger partial charge in [0.15, 0.2) is 5.43 Å². The second-order valence-electron chi connectivity index (χ2n) is 6.33. The summed E-state index contributed by atoms with van der Waals surface area (Å²) in [6, 6.07) is 13.1. The van der Waals surface area contributed by atoms with Crippen LogP contribution in [0, 0.1) is 6.92 Å². The molecule has 0 unspecified atom stereocenters. The largest absolute Gasteiger partial charge is 0.364 e. The standard InChI is InChI=1S/C20H14N6O2/c1-12-8-17(27)14(10-21-12)20-24-19(25-28-20)13-6-7-18(22-9-13)26-11-23-15-4-2-3-5-16(15)26/h2-11H,1H3,(H,21,27). The molecule has 0 spiro atoms. The average Bonchev–Trinajstić information content (AvgIpc) is 3.36.